The number of para-hydroxylation sites is 1. The Kier molecular flexibility index (Phi) is 6.90. The van der Waals surface area contributed by atoms with Crippen molar-refractivity contribution in [1.29, 1.82) is 0 Å². The first kappa shape index (κ1) is 17.6. The van der Waals surface area contributed by atoms with Gasteiger partial charge in [-0.15, -0.1) is 0 Å². The summed E-state index contributed by atoms with van der Waals surface area (Å²) in [6, 6.07) is 15.0. The number of hydrogen-bond donors (Lipinski definition) is 1. The summed E-state index contributed by atoms with van der Waals surface area (Å²) in [5.74, 6) is 1.38. The van der Waals surface area contributed by atoms with E-state index in [1.54, 1.807) is 6.08 Å². The van der Waals surface area contributed by atoms with Gasteiger partial charge in [0.15, 0.2) is 0 Å². The molecule has 0 fully saturated rings. The first-order valence-electron chi connectivity index (χ1n) is 8.16. The Morgan fingerprint density at radius 1 is 1.04 bits per heavy atom. The highest BCUT2D eigenvalue weighted by Gasteiger charge is 2.02. The van der Waals surface area contributed by atoms with Gasteiger partial charge in [-0.25, -0.2) is 0 Å². The number of benzene rings is 2. The highest BCUT2D eigenvalue weighted by molar-refractivity contribution is 6.02. The normalized spacial score (nSPS) is 10.6. The van der Waals surface area contributed by atoms with E-state index in [2.05, 4.69) is 12.2 Å². The quantitative estimate of drug-likeness (QED) is 0.726. The number of anilines is 1. The Morgan fingerprint density at radius 2 is 1.79 bits per heavy atom. The summed E-state index contributed by atoms with van der Waals surface area (Å²) in [5, 5.41) is 2.82. The molecule has 0 aliphatic heterocycles. The molecule has 126 valence electrons. The molecule has 1 N–H and O–H groups in total. The van der Waals surface area contributed by atoms with Crippen molar-refractivity contribution < 1.29 is 14.3 Å². The van der Waals surface area contributed by atoms with Crippen LogP contribution in [0.25, 0.3) is 6.08 Å². The van der Waals surface area contributed by atoms with Crippen LogP contribution in [0, 0.1) is 0 Å². The lowest BCUT2D eigenvalue weighted by molar-refractivity contribution is -0.111. The molecule has 4 heteroatoms. The van der Waals surface area contributed by atoms with Crippen molar-refractivity contribution in [2.45, 2.75) is 20.3 Å². The minimum atomic E-state index is -0.190. The van der Waals surface area contributed by atoms with Crippen molar-refractivity contribution in [3.63, 3.8) is 0 Å². The van der Waals surface area contributed by atoms with E-state index in [9.17, 15) is 4.79 Å². The number of rotatable bonds is 8. The third-order valence-electron chi connectivity index (χ3n) is 3.23. The van der Waals surface area contributed by atoms with E-state index in [1.807, 2.05) is 55.5 Å². The minimum Gasteiger partial charge on any atom is -0.494 e. The summed E-state index contributed by atoms with van der Waals surface area (Å²) in [4.78, 5) is 12.1. The molecule has 0 bridgehead atoms. The van der Waals surface area contributed by atoms with Gasteiger partial charge in [0.2, 0.25) is 5.91 Å². The van der Waals surface area contributed by atoms with E-state index in [4.69, 9.17) is 9.47 Å². The van der Waals surface area contributed by atoms with Crippen LogP contribution in [0.3, 0.4) is 0 Å². The van der Waals surface area contributed by atoms with Gasteiger partial charge in [-0.1, -0.05) is 25.1 Å². The Bertz CT molecular complexity index is 678. The molecule has 2 rings (SSSR count). The van der Waals surface area contributed by atoms with Gasteiger partial charge in [-0.05, 0) is 49.8 Å². The molecule has 0 aliphatic rings. The fourth-order valence-electron chi connectivity index (χ4n) is 2.11. The number of amides is 1. The second-order valence-electron chi connectivity index (χ2n) is 5.17. The van der Waals surface area contributed by atoms with E-state index >= 15 is 0 Å². The van der Waals surface area contributed by atoms with Crippen LogP contribution in [0.1, 0.15) is 25.8 Å². The second kappa shape index (κ2) is 9.40. The van der Waals surface area contributed by atoms with Crippen LogP contribution in [-0.2, 0) is 4.79 Å². The Labute approximate surface area is 143 Å². The molecule has 1 amide bonds. The van der Waals surface area contributed by atoms with Crippen molar-refractivity contribution in [3.8, 4) is 11.5 Å². The number of carbonyl (C=O) groups is 1. The fourth-order valence-corrected chi connectivity index (χ4v) is 2.11. The molecule has 0 aromatic heterocycles. The second-order valence-corrected chi connectivity index (χ2v) is 5.17. The minimum absolute atomic E-state index is 0.190. The lowest BCUT2D eigenvalue weighted by Crippen LogP contribution is -2.07. The van der Waals surface area contributed by atoms with Crippen LogP contribution >= 0.6 is 0 Å². The van der Waals surface area contributed by atoms with Crippen LogP contribution in [-0.4, -0.2) is 19.1 Å². The molecule has 0 spiro atoms. The topological polar surface area (TPSA) is 47.6 Å². The van der Waals surface area contributed by atoms with Crippen molar-refractivity contribution in [3.05, 3.63) is 60.2 Å². The number of carbonyl (C=O) groups excluding carboxylic acids is 1. The fraction of sp³-hybridized carbons (Fsp3) is 0.250. The zero-order valence-corrected chi connectivity index (χ0v) is 14.1. The molecule has 0 aliphatic carbocycles. The lowest BCUT2D eigenvalue weighted by Gasteiger charge is -2.08. The third kappa shape index (κ3) is 5.47. The maximum Gasteiger partial charge on any atom is 0.248 e. The molecule has 0 heterocycles. The number of hydrogen-bond acceptors (Lipinski definition) is 3. The van der Waals surface area contributed by atoms with Crippen molar-refractivity contribution in [2.24, 2.45) is 0 Å². The molecule has 24 heavy (non-hydrogen) atoms. The van der Waals surface area contributed by atoms with Gasteiger partial charge in [-0.3, -0.25) is 4.79 Å². The third-order valence-corrected chi connectivity index (χ3v) is 3.23. The maximum atomic E-state index is 12.1. The predicted octanol–water partition coefficient (Wildman–Crippen LogP) is 4.53. The van der Waals surface area contributed by atoms with Crippen molar-refractivity contribution in [1.82, 2.24) is 0 Å². The van der Waals surface area contributed by atoms with Crippen molar-refractivity contribution >= 4 is 17.7 Å². The lowest BCUT2D eigenvalue weighted by atomic mass is 10.2. The van der Waals surface area contributed by atoms with E-state index < -0.39 is 0 Å². The Morgan fingerprint density at radius 3 is 2.50 bits per heavy atom. The zero-order valence-electron chi connectivity index (χ0n) is 14.1. The van der Waals surface area contributed by atoms with E-state index in [0.717, 1.165) is 29.2 Å². The average Bonchev–Trinajstić information content (AvgIpc) is 2.61. The summed E-state index contributed by atoms with van der Waals surface area (Å²) in [6.07, 6.45) is 4.20. The van der Waals surface area contributed by atoms with Gasteiger partial charge in [0.1, 0.15) is 11.5 Å². The molecular weight excluding hydrogens is 302 g/mol. The van der Waals surface area contributed by atoms with Crippen molar-refractivity contribution in [2.75, 3.05) is 18.5 Å². The van der Waals surface area contributed by atoms with Crippen LogP contribution in [0.4, 0.5) is 5.69 Å². The Balaban J connectivity index is 1.97. The summed E-state index contributed by atoms with van der Waals surface area (Å²) in [6.45, 7) is 5.27. The molecule has 0 saturated carbocycles. The summed E-state index contributed by atoms with van der Waals surface area (Å²) >= 11 is 0. The summed E-state index contributed by atoms with van der Waals surface area (Å²) in [5.41, 5.74) is 1.61. The van der Waals surface area contributed by atoms with Crippen LogP contribution < -0.4 is 14.8 Å². The largest absolute Gasteiger partial charge is 0.494 e. The maximum absolute atomic E-state index is 12.1. The molecular formula is C20H23NO3. The SMILES string of the molecule is CCCOc1ccccc1C=CC(=O)Nc1ccc(OCC)cc1. The molecule has 2 aromatic carbocycles. The van der Waals surface area contributed by atoms with E-state index in [1.165, 1.54) is 6.08 Å². The van der Waals surface area contributed by atoms with Gasteiger partial charge in [0, 0.05) is 17.3 Å². The predicted molar refractivity (Wildman–Crippen MR) is 97.5 cm³/mol. The van der Waals surface area contributed by atoms with Gasteiger partial charge in [0.25, 0.3) is 0 Å². The number of ether oxygens (including phenoxy) is 2. The standard InChI is InChI=1S/C20H23NO3/c1-3-15-24-19-8-6-5-7-16(19)9-14-20(22)21-17-10-12-18(13-11-17)23-4-2/h5-14H,3-4,15H2,1-2H3,(H,21,22). The summed E-state index contributed by atoms with van der Waals surface area (Å²) in [7, 11) is 0. The first-order chi connectivity index (χ1) is 11.7. The monoisotopic (exact) mass is 325 g/mol. The van der Waals surface area contributed by atoms with E-state index in [-0.39, 0.29) is 5.91 Å². The van der Waals surface area contributed by atoms with Gasteiger partial charge in [0.05, 0.1) is 13.2 Å². The highest BCUT2D eigenvalue weighted by atomic mass is 16.5. The Hall–Kier alpha value is -2.75. The van der Waals surface area contributed by atoms with E-state index in [0.29, 0.717) is 13.2 Å². The van der Waals surface area contributed by atoms with Crippen LogP contribution in [0.5, 0.6) is 11.5 Å². The van der Waals surface area contributed by atoms with Gasteiger partial charge < -0.3 is 14.8 Å². The van der Waals surface area contributed by atoms with Gasteiger partial charge >= 0.3 is 0 Å². The molecule has 0 saturated heterocycles. The number of nitrogens with one attached hydrogen (secondary N) is 1. The molecule has 0 unspecified atom stereocenters. The molecule has 4 nitrogen and oxygen atoms in total. The molecule has 0 atom stereocenters. The first-order valence-corrected chi connectivity index (χ1v) is 8.16. The smallest absolute Gasteiger partial charge is 0.248 e. The zero-order chi connectivity index (χ0) is 17.2. The molecule has 2 aromatic rings. The van der Waals surface area contributed by atoms with Gasteiger partial charge in [-0.2, -0.15) is 0 Å². The molecule has 0 radical (unpaired) electrons. The average molecular weight is 325 g/mol. The highest BCUT2D eigenvalue weighted by Crippen LogP contribution is 2.20. The summed E-state index contributed by atoms with van der Waals surface area (Å²) < 4.78 is 11.1. The van der Waals surface area contributed by atoms with Crippen LogP contribution in [0.15, 0.2) is 54.6 Å². The van der Waals surface area contributed by atoms with Crippen LogP contribution in [0.2, 0.25) is 0 Å².